The van der Waals surface area contributed by atoms with Crippen molar-refractivity contribution >= 4 is 5.78 Å². The Kier molecular flexibility index (Phi) is 2.48. The molecule has 12 heavy (non-hydrogen) atoms. The fourth-order valence-corrected chi connectivity index (χ4v) is 1.39. The number of aliphatic hydroxyl groups is 1. The van der Waals surface area contributed by atoms with Crippen molar-refractivity contribution < 1.29 is 9.90 Å². The molecule has 0 fully saturated rings. The second kappa shape index (κ2) is 3.23. The number of ketones is 1. The smallest absolute Gasteiger partial charge is 0.162 e. The molecule has 1 N–H and O–H groups in total. The zero-order chi connectivity index (χ0) is 9.30. The summed E-state index contributed by atoms with van der Waals surface area (Å²) in [4.78, 5) is 11.3. The predicted molar refractivity (Wildman–Crippen MR) is 47.7 cm³/mol. The van der Waals surface area contributed by atoms with Crippen LogP contribution in [0.1, 0.15) is 20.3 Å². The van der Waals surface area contributed by atoms with Gasteiger partial charge in [-0.3, -0.25) is 4.79 Å². The van der Waals surface area contributed by atoms with Gasteiger partial charge in [0.05, 0.1) is 6.10 Å². The average Bonchev–Trinajstić information content (AvgIpc) is 1.96. The van der Waals surface area contributed by atoms with E-state index in [1.807, 2.05) is 6.92 Å². The zero-order valence-corrected chi connectivity index (χ0v) is 7.50. The van der Waals surface area contributed by atoms with E-state index in [4.69, 9.17) is 0 Å². The third-order valence-electron chi connectivity index (χ3n) is 2.29. The summed E-state index contributed by atoms with van der Waals surface area (Å²) >= 11 is 0. The minimum atomic E-state index is -0.468. The second-order valence-corrected chi connectivity index (χ2v) is 3.44. The first kappa shape index (κ1) is 9.20. The molecule has 66 valence electrons. The Morgan fingerprint density at radius 1 is 1.75 bits per heavy atom. The van der Waals surface area contributed by atoms with Crippen LogP contribution in [0, 0.1) is 5.92 Å². The molecule has 1 aliphatic carbocycles. The van der Waals surface area contributed by atoms with E-state index in [0.29, 0.717) is 6.42 Å². The van der Waals surface area contributed by atoms with E-state index in [9.17, 15) is 9.90 Å². The first-order valence-corrected chi connectivity index (χ1v) is 4.08. The molecule has 0 saturated heterocycles. The van der Waals surface area contributed by atoms with Crippen molar-refractivity contribution in [3.05, 3.63) is 23.8 Å². The van der Waals surface area contributed by atoms with Crippen LogP contribution >= 0.6 is 0 Å². The number of aliphatic hydroxyl groups excluding tert-OH is 1. The maximum atomic E-state index is 11.3. The Labute approximate surface area is 72.6 Å². The van der Waals surface area contributed by atoms with Gasteiger partial charge in [0.2, 0.25) is 0 Å². The van der Waals surface area contributed by atoms with E-state index >= 15 is 0 Å². The minimum Gasteiger partial charge on any atom is -0.389 e. The lowest BCUT2D eigenvalue weighted by molar-refractivity contribution is -0.118. The third kappa shape index (κ3) is 1.64. The van der Waals surface area contributed by atoms with E-state index in [2.05, 4.69) is 6.58 Å². The van der Waals surface area contributed by atoms with Crippen LogP contribution in [0.25, 0.3) is 0 Å². The number of hydrogen-bond donors (Lipinski definition) is 1. The Balaban J connectivity index is 2.86. The molecule has 0 radical (unpaired) electrons. The molecule has 0 amide bonds. The topological polar surface area (TPSA) is 37.3 Å². The van der Waals surface area contributed by atoms with Gasteiger partial charge in [-0.1, -0.05) is 12.2 Å². The van der Waals surface area contributed by atoms with Crippen LogP contribution in [0.15, 0.2) is 23.8 Å². The van der Waals surface area contributed by atoms with Gasteiger partial charge < -0.3 is 5.11 Å². The number of allylic oxidation sites excluding steroid dienone is 2. The fraction of sp³-hybridized carbons (Fsp3) is 0.500. The van der Waals surface area contributed by atoms with Gasteiger partial charge >= 0.3 is 0 Å². The lowest BCUT2D eigenvalue weighted by atomic mass is 9.83. The fourth-order valence-electron chi connectivity index (χ4n) is 1.39. The molecule has 2 nitrogen and oxygen atoms in total. The summed E-state index contributed by atoms with van der Waals surface area (Å²) in [6.45, 7) is 7.33. The normalized spacial score (nSPS) is 29.9. The summed E-state index contributed by atoms with van der Waals surface area (Å²) < 4.78 is 0. The summed E-state index contributed by atoms with van der Waals surface area (Å²) in [7, 11) is 0. The second-order valence-electron chi connectivity index (χ2n) is 3.44. The van der Waals surface area contributed by atoms with E-state index in [1.54, 1.807) is 6.92 Å². The third-order valence-corrected chi connectivity index (χ3v) is 2.29. The van der Waals surface area contributed by atoms with E-state index in [-0.39, 0.29) is 11.7 Å². The Hall–Kier alpha value is -0.890. The highest BCUT2D eigenvalue weighted by atomic mass is 16.3. The Bertz CT molecular complexity index is 251. The van der Waals surface area contributed by atoms with Crippen molar-refractivity contribution in [2.45, 2.75) is 26.4 Å². The number of hydrogen-bond acceptors (Lipinski definition) is 2. The molecular weight excluding hydrogens is 152 g/mol. The molecule has 0 aromatic heterocycles. The maximum Gasteiger partial charge on any atom is 0.162 e. The molecule has 0 heterocycles. The summed E-state index contributed by atoms with van der Waals surface area (Å²) in [5, 5.41) is 9.45. The quantitative estimate of drug-likeness (QED) is 0.599. The molecule has 2 atom stereocenters. The standard InChI is InChI=1S/C10H14O2/c1-6(2)8-5-9(11)7(3)4-10(8)12/h4,8-9,11H,1,5H2,2-3H3/t8-,9-/m1/s1. The van der Waals surface area contributed by atoms with E-state index in [0.717, 1.165) is 11.1 Å². The SMILES string of the molecule is C=C(C)[C@H]1C[C@@H](O)C(C)=CC1=O. The van der Waals surface area contributed by atoms with Crippen LogP contribution in [-0.2, 0) is 4.79 Å². The summed E-state index contributed by atoms with van der Waals surface area (Å²) in [5.74, 6) is -0.103. The van der Waals surface area contributed by atoms with E-state index < -0.39 is 6.10 Å². The van der Waals surface area contributed by atoms with Gasteiger partial charge in [0.15, 0.2) is 5.78 Å². The highest BCUT2D eigenvalue weighted by molar-refractivity contribution is 5.95. The Morgan fingerprint density at radius 2 is 2.33 bits per heavy atom. The maximum absolute atomic E-state index is 11.3. The Morgan fingerprint density at radius 3 is 2.83 bits per heavy atom. The number of carbonyl (C=O) groups is 1. The van der Waals surface area contributed by atoms with Gasteiger partial charge in [0.25, 0.3) is 0 Å². The van der Waals surface area contributed by atoms with Crippen molar-refractivity contribution in [1.29, 1.82) is 0 Å². The van der Waals surface area contributed by atoms with Crippen molar-refractivity contribution in [3.63, 3.8) is 0 Å². The zero-order valence-electron chi connectivity index (χ0n) is 7.50. The average molecular weight is 166 g/mol. The first-order chi connectivity index (χ1) is 5.52. The van der Waals surface area contributed by atoms with Gasteiger partial charge in [0, 0.05) is 5.92 Å². The largest absolute Gasteiger partial charge is 0.389 e. The predicted octanol–water partition coefficient (Wildman–Crippen LogP) is 1.46. The van der Waals surface area contributed by atoms with Crippen molar-refractivity contribution in [2.75, 3.05) is 0 Å². The van der Waals surface area contributed by atoms with Gasteiger partial charge in [-0.05, 0) is 31.9 Å². The van der Waals surface area contributed by atoms with Crippen molar-refractivity contribution in [2.24, 2.45) is 5.92 Å². The minimum absolute atomic E-state index is 0.0744. The molecule has 0 bridgehead atoms. The molecule has 1 aliphatic rings. The highest BCUT2D eigenvalue weighted by Crippen LogP contribution is 2.25. The molecule has 0 saturated carbocycles. The molecule has 1 rings (SSSR count). The molecule has 0 unspecified atom stereocenters. The summed E-state index contributed by atoms with van der Waals surface area (Å²) in [6, 6.07) is 0. The molecule has 0 aromatic carbocycles. The first-order valence-electron chi connectivity index (χ1n) is 4.08. The van der Waals surface area contributed by atoms with Gasteiger partial charge in [0.1, 0.15) is 0 Å². The van der Waals surface area contributed by atoms with Crippen LogP contribution in [0.2, 0.25) is 0 Å². The molecular formula is C10H14O2. The van der Waals surface area contributed by atoms with Crippen LogP contribution < -0.4 is 0 Å². The van der Waals surface area contributed by atoms with Gasteiger partial charge in [-0.15, -0.1) is 0 Å². The lowest BCUT2D eigenvalue weighted by Gasteiger charge is -2.23. The molecule has 0 aliphatic heterocycles. The molecule has 2 heteroatoms. The van der Waals surface area contributed by atoms with Gasteiger partial charge in [-0.25, -0.2) is 0 Å². The molecule has 0 aromatic rings. The van der Waals surface area contributed by atoms with Crippen LogP contribution in [-0.4, -0.2) is 17.0 Å². The van der Waals surface area contributed by atoms with Crippen LogP contribution in [0.3, 0.4) is 0 Å². The molecule has 0 spiro atoms. The van der Waals surface area contributed by atoms with Crippen LogP contribution in [0.5, 0.6) is 0 Å². The number of carbonyl (C=O) groups excluding carboxylic acids is 1. The number of rotatable bonds is 1. The van der Waals surface area contributed by atoms with E-state index in [1.165, 1.54) is 6.08 Å². The monoisotopic (exact) mass is 166 g/mol. The summed E-state index contributed by atoms with van der Waals surface area (Å²) in [5.41, 5.74) is 1.60. The highest BCUT2D eigenvalue weighted by Gasteiger charge is 2.26. The summed E-state index contributed by atoms with van der Waals surface area (Å²) in [6.07, 6.45) is 1.55. The van der Waals surface area contributed by atoms with Crippen LogP contribution in [0.4, 0.5) is 0 Å². The van der Waals surface area contributed by atoms with Crippen molar-refractivity contribution in [3.8, 4) is 0 Å². The lowest BCUT2D eigenvalue weighted by Crippen LogP contribution is -2.26. The van der Waals surface area contributed by atoms with Gasteiger partial charge in [-0.2, -0.15) is 0 Å². The van der Waals surface area contributed by atoms with Crippen molar-refractivity contribution in [1.82, 2.24) is 0 Å².